The van der Waals surface area contributed by atoms with Crippen molar-refractivity contribution in [1.29, 1.82) is 0 Å². The van der Waals surface area contributed by atoms with Crippen molar-refractivity contribution in [1.82, 2.24) is 10.2 Å². The third-order valence-electron chi connectivity index (χ3n) is 4.82. The van der Waals surface area contributed by atoms with Crippen molar-refractivity contribution < 1.29 is 4.79 Å². The Kier molecular flexibility index (Phi) is 4.29. The molecule has 2 fully saturated rings. The van der Waals surface area contributed by atoms with Crippen LogP contribution in [0.3, 0.4) is 0 Å². The standard InChI is InChI=1S/C18H26N2O/c1-13-5-8-16(10-14(13)2)18(21)20(11-15-6-7-15)12-17-4-3-9-19-17/h5,8,10,15,17,19H,3-4,6-7,9,11-12H2,1-2H3. The Morgan fingerprint density at radius 1 is 1.19 bits per heavy atom. The lowest BCUT2D eigenvalue weighted by atomic mass is 10.0. The summed E-state index contributed by atoms with van der Waals surface area (Å²) in [6.45, 7) is 7.07. The maximum Gasteiger partial charge on any atom is 0.253 e. The Morgan fingerprint density at radius 2 is 2.00 bits per heavy atom. The summed E-state index contributed by atoms with van der Waals surface area (Å²) in [7, 11) is 0. The topological polar surface area (TPSA) is 32.3 Å². The molecule has 114 valence electrons. The highest BCUT2D eigenvalue weighted by atomic mass is 16.2. The monoisotopic (exact) mass is 286 g/mol. The van der Waals surface area contributed by atoms with Crippen LogP contribution in [-0.2, 0) is 0 Å². The summed E-state index contributed by atoms with van der Waals surface area (Å²) in [4.78, 5) is 14.9. The molecule has 1 aromatic carbocycles. The van der Waals surface area contributed by atoms with Crippen LogP contribution in [0.25, 0.3) is 0 Å². The van der Waals surface area contributed by atoms with Gasteiger partial charge in [0.1, 0.15) is 0 Å². The predicted molar refractivity (Wildman–Crippen MR) is 85.6 cm³/mol. The summed E-state index contributed by atoms with van der Waals surface area (Å²) >= 11 is 0. The van der Waals surface area contributed by atoms with E-state index >= 15 is 0 Å². The van der Waals surface area contributed by atoms with Gasteiger partial charge in [0, 0.05) is 24.7 Å². The quantitative estimate of drug-likeness (QED) is 0.902. The van der Waals surface area contributed by atoms with Crippen LogP contribution in [0, 0.1) is 19.8 Å². The third-order valence-corrected chi connectivity index (χ3v) is 4.82. The van der Waals surface area contributed by atoms with Crippen LogP contribution in [0.2, 0.25) is 0 Å². The van der Waals surface area contributed by atoms with Gasteiger partial charge < -0.3 is 10.2 Å². The largest absolute Gasteiger partial charge is 0.337 e. The van der Waals surface area contributed by atoms with Gasteiger partial charge >= 0.3 is 0 Å². The number of carbonyl (C=O) groups excluding carboxylic acids is 1. The second-order valence-electron chi connectivity index (χ2n) is 6.75. The highest BCUT2D eigenvalue weighted by Crippen LogP contribution is 2.30. The zero-order valence-electron chi connectivity index (χ0n) is 13.2. The molecule has 3 rings (SSSR count). The van der Waals surface area contributed by atoms with Gasteiger partial charge in [-0.2, -0.15) is 0 Å². The van der Waals surface area contributed by atoms with Crippen LogP contribution < -0.4 is 5.32 Å². The Bertz CT molecular complexity index is 516. The molecule has 1 saturated heterocycles. The summed E-state index contributed by atoms with van der Waals surface area (Å²) in [5.41, 5.74) is 3.29. The van der Waals surface area contributed by atoms with E-state index in [1.807, 2.05) is 12.1 Å². The normalized spacial score (nSPS) is 21.5. The van der Waals surface area contributed by atoms with E-state index in [2.05, 4.69) is 30.1 Å². The van der Waals surface area contributed by atoms with Gasteiger partial charge in [0.15, 0.2) is 0 Å². The number of nitrogens with one attached hydrogen (secondary N) is 1. The summed E-state index contributed by atoms with van der Waals surface area (Å²) < 4.78 is 0. The first kappa shape index (κ1) is 14.6. The van der Waals surface area contributed by atoms with Gasteiger partial charge in [-0.1, -0.05) is 6.07 Å². The summed E-state index contributed by atoms with van der Waals surface area (Å²) in [5, 5.41) is 3.51. The first-order valence-electron chi connectivity index (χ1n) is 8.23. The molecule has 1 amide bonds. The summed E-state index contributed by atoms with van der Waals surface area (Å²) in [6.07, 6.45) is 5.00. The van der Waals surface area contributed by atoms with E-state index < -0.39 is 0 Å². The first-order chi connectivity index (χ1) is 10.1. The van der Waals surface area contributed by atoms with Crippen molar-refractivity contribution in [3.63, 3.8) is 0 Å². The van der Waals surface area contributed by atoms with Crippen LogP contribution in [0.15, 0.2) is 18.2 Å². The Hall–Kier alpha value is -1.35. The van der Waals surface area contributed by atoms with E-state index in [0.29, 0.717) is 6.04 Å². The van der Waals surface area contributed by atoms with Gasteiger partial charge in [0.25, 0.3) is 5.91 Å². The lowest BCUT2D eigenvalue weighted by molar-refractivity contribution is 0.0733. The van der Waals surface area contributed by atoms with Gasteiger partial charge in [-0.3, -0.25) is 4.79 Å². The molecule has 0 aromatic heterocycles. The van der Waals surface area contributed by atoms with E-state index in [9.17, 15) is 4.79 Å². The highest BCUT2D eigenvalue weighted by molar-refractivity contribution is 5.94. The minimum absolute atomic E-state index is 0.207. The molecule has 1 heterocycles. The lowest BCUT2D eigenvalue weighted by Crippen LogP contribution is -2.42. The van der Waals surface area contributed by atoms with Crippen LogP contribution in [0.4, 0.5) is 0 Å². The molecule has 2 aliphatic rings. The second-order valence-corrected chi connectivity index (χ2v) is 6.75. The molecule has 0 radical (unpaired) electrons. The van der Waals surface area contributed by atoms with Gasteiger partial charge in [-0.05, 0) is 75.3 Å². The zero-order valence-corrected chi connectivity index (χ0v) is 13.2. The van der Waals surface area contributed by atoms with Gasteiger partial charge in [-0.25, -0.2) is 0 Å². The molecule has 0 spiro atoms. The molecule has 3 nitrogen and oxygen atoms in total. The van der Waals surface area contributed by atoms with Crippen molar-refractivity contribution in [3.05, 3.63) is 34.9 Å². The minimum atomic E-state index is 0.207. The summed E-state index contributed by atoms with van der Waals surface area (Å²) in [6, 6.07) is 6.57. The maximum atomic E-state index is 12.9. The molecule has 1 unspecified atom stereocenters. The highest BCUT2D eigenvalue weighted by Gasteiger charge is 2.29. The van der Waals surface area contributed by atoms with Crippen molar-refractivity contribution in [3.8, 4) is 0 Å². The van der Waals surface area contributed by atoms with Crippen molar-refractivity contribution in [2.45, 2.75) is 45.6 Å². The number of carbonyl (C=O) groups is 1. The van der Waals surface area contributed by atoms with Gasteiger partial charge in [0.2, 0.25) is 0 Å². The van der Waals surface area contributed by atoms with Crippen LogP contribution >= 0.6 is 0 Å². The number of nitrogens with zero attached hydrogens (tertiary/aromatic N) is 1. The molecule has 3 heteroatoms. The minimum Gasteiger partial charge on any atom is -0.337 e. The van der Waals surface area contributed by atoms with Crippen LogP contribution in [0.1, 0.15) is 47.2 Å². The second kappa shape index (κ2) is 6.18. The van der Waals surface area contributed by atoms with Gasteiger partial charge in [0.05, 0.1) is 0 Å². The molecule has 0 bridgehead atoms. The smallest absolute Gasteiger partial charge is 0.253 e. The number of rotatable bonds is 5. The molecule has 21 heavy (non-hydrogen) atoms. The Morgan fingerprint density at radius 3 is 2.62 bits per heavy atom. The molecule has 1 atom stereocenters. The molecule has 1 N–H and O–H groups in total. The van der Waals surface area contributed by atoms with E-state index in [1.165, 1.54) is 36.8 Å². The lowest BCUT2D eigenvalue weighted by Gasteiger charge is -2.26. The fourth-order valence-corrected chi connectivity index (χ4v) is 3.09. The predicted octanol–water partition coefficient (Wildman–Crippen LogP) is 2.91. The number of hydrogen-bond donors (Lipinski definition) is 1. The number of benzene rings is 1. The van der Waals surface area contributed by atoms with E-state index in [0.717, 1.165) is 31.1 Å². The van der Waals surface area contributed by atoms with Crippen LogP contribution in [0.5, 0.6) is 0 Å². The Balaban J connectivity index is 1.73. The van der Waals surface area contributed by atoms with E-state index in [-0.39, 0.29) is 5.91 Å². The maximum absolute atomic E-state index is 12.9. The molecule has 1 aromatic rings. The van der Waals surface area contributed by atoms with E-state index in [1.54, 1.807) is 0 Å². The van der Waals surface area contributed by atoms with E-state index in [4.69, 9.17) is 0 Å². The van der Waals surface area contributed by atoms with Gasteiger partial charge in [-0.15, -0.1) is 0 Å². The Labute approximate surface area is 127 Å². The third kappa shape index (κ3) is 3.65. The average Bonchev–Trinajstić information content (AvgIpc) is 3.14. The fourth-order valence-electron chi connectivity index (χ4n) is 3.09. The molecule has 1 aliphatic carbocycles. The first-order valence-corrected chi connectivity index (χ1v) is 8.23. The van der Waals surface area contributed by atoms with Crippen molar-refractivity contribution in [2.75, 3.05) is 19.6 Å². The van der Waals surface area contributed by atoms with Crippen molar-refractivity contribution in [2.24, 2.45) is 5.92 Å². The molecular formula is C18H26N2O. The number of hydrogen-bond acceptors (Lipinski definition) is 2. The molecule has 1 aliphatic heterocycles. The number of amides is 1. The molecular weight excluding hydrogens is 260 g/mol. The molecule has 1 saturated carbocycles. The fraction of sp³-hybridized carbons (Fsp3) is 0.611. The average molecular weight is 286 g/mol. The zero-order chi connectivity index (χ0) is 14.8. The van der Waals surface area contributed by atoms with Crippen molar-refractivity contribution >= 4 is 5.91 Å². The SMILES string of the molecule is Cc1ccc(C(=O)N(CC2CC2)CC2CCCN2)cc1C. The van der Waals surface area contributed by atoms with Crippen LogP contribution in [-0.4, -0.2) is 36.5 Å². The summed E-state index contributed by atoms with van der Waals surface area (Å²) in [5.74, 6) is 0.945. The number of aryl methyl sites for hydroxylation is 2.